The van der Waals surface area contributed by atoms with E-state index in [4.69, 9.17) is 9.47 Å². The summed E-state index contributed by atoms with van der Waals surface area (Å²) < 4.78 is 12.3. The van der Waals surface area contributed by atoms with E-state index in [2.05, 4.69) is 10.2 Å². The maximum Gasteiger partial charge on any atom is 0.240 e. The molecule has 7 nitrogen and oxygen atoms in total. The molecule has 1 aliphatic heterocycles. The van der Waals surface area contributed by atoms with E-state index >= 15 is 0 Å². The second-order valence-electron chi connectivity index (χ2n) is 7.25. The largest absolute Gasteiger partial charge is 0.496 e. The molecule has 0 bridgehead atoms. The van der Waals surface area contributed by atoms with Crippen molar-refractivity contribution in [2.75, 3.05) is 27.3 Å². The van der Waals surface area contributed by atoms with Gasteiger partial charge in [0.15, 0.2) is 5.75 Å². The number of nitrogens with one attached hydrogen (secondary N) is 1. The minimum absolute atomic E-state index is 0.120. The highest BCUT2D eigenvalue weighted by Gasteiger charge is 2.16. The Kier molecular flexibility index (Phi) is 7.30. The molecule has 1 aliphatic rings. The molecule has 1 fully saturated rings. The lowest BCUT2D eigenvalue weighted by molar-refractivity contribution is -0.121. The molecule has 1 aromatic carbocycles. The molecular formula is C22H29N3O4. The molecule has 3 rings (SSSR count). The number of likely N-dealkylation sites (tertiary alicyclic amines) is 1. The van der Waals surface area contributed by atoms with Gasteiger partial charge in [0.1, 0.15) is 12.3 Å². The average Bonchev–Trinajstić information content (AvgIpc) is 2.75. The third-order valence-electron chi connectivity index (χ3n) is 5.22. The van der Waals surface area contributed by atoms with E-state index in [9.17, 15) is 9.59 Å². The lowest BCUT2D eigenvalue weighted by Gasteiger charge is -2.27. The topological polar surface area (TPSA) is 72.8 Å². The van der Waals surface area contributed by atoms with Gasteiger partial charge in [-0.2, -0.15) is 0 Å². The van der Waals surface area contributed by atoms with Crippen molar-refractivity contribution in [3.05, 3.63) is 58.0 Å². The first-order chi connectivity index (χ1) is 14.1. The second-order valence-corrected chi connectivity index (χ2v) is 7.25. The minimum atomic E-state index is -0.162. The number of benzene rings is 1. The van der Waals surface area contributed by atoms with Gasteiger partial charge in [-0.25, -0.2) is 0 Å². The number of nitrogens with zero attached hydrogens (tertiary/aromatic N) is 2. The van der Waals surface area contributed by atoms with Gasteiger partial charge in [-0.3, -0.25) is 14.5 Å². The Morgan fingerprint density at radius 2 is 1.79 bits per heavy atom. The fourth-order valence-electron chi connectivity index (χ4n) is 3.63. The highest BCUT2D eigenvalue weighted by molar-refractivity contribution is 5.76. The number of hydrogen-bond acceptors (Lipinski definition) is 5. The van der Waals surface area contributed by atoms with Crippen LogP contribution in [-0.4, -0.2) is 42.7 Å². The van der Waals surface area contributed by atoms with E-state index in [1.165, 1.54) is 26.4 Å². The number of methoxy groups -OCH3 is 2. The van der Waals surface area contributed by atoms with Gasteiger partial charge in [0.2, 0.25) is 11.3 Å². The molecule has 2 heterocycles. The average molecular weight is 399 g/mol. The molecule has 1 amide bonds. The third kappa shape index (κ3) is 5.60. The summed E-state index contributed by atoms with van der Waals surface area (Å²) in [5, 5.41) is 2.93. The molecule has 29 heavy (non-hydrogen) atoms. The molecule has 1 N–H and O–H groups in total. The maximum absolute atomic E-state index is 12.6. The number of hydrogen-bond donors (Lipinski definition) is 1. The first-order valence-electron chi connectivity index (χ1n) is 9.99. The van der Waals surface area contributed by atoms with Gasteiger partial charge in [-0.15, -0.1) is 0 Å². The molecule has 0 aliphatic carbocycles. The van der Waals surface area contributed by atoms with Gasteiger partial charge in [0, 0.05) is 30.4 Å². The Morgan fingerprint density at radius 1 is 1.07 bits per heavy atom. The van der Waals surface area contributed by atoms with Crippen molar-refractivity contribution in [2.45, 2.75) is 38.9 Å². The summed E-state index contributed by atoms with van der Waals surface area (Å²) in [6.45, 7) is 3.18. The van der Waals surface area contributed by atoms with Crippen LogP contribution in [0.4, 0.5) is 0 Å². The number of carbonyl (C=O) groups is 1. The van der Waals surface area contributed by atoms with Gasteiger partial charge in [0.25, 0.3) is 0 Å². The Balaban J connectivity index is 1.72. The van der Waals surface area contributed by atoms with E-state index in [-0.39, 0.29) is 23.6 Å². The van der Waals surface area contributed by atoms with E-state index < -0.39 is 0 Å². The van der Waals surface area contributed by atoms with Crippen LogP contribution in [0.1, 0.15) is 30.5 Å². The van der Waals surface area contributed by atoms with Crippen molar-refractivity contribution in [3.8, 4) is 11.5 Å². The van der Waals surface area contributed by atoms with Crippen molar-refractivity contribution in [2.24, 2.45) is 0 Å². The monoisotopic (exact) mass is 399 g/mol. The third-order valence-corrected chi connectivity index (χ3v) is 5.22. The quantitative estimate of drug-likeness (QED) is 0.737. The van der Waals surface area contributed by atoms with Crippen molar-refractivity contribution in [1.82, 2.24) is 14.8 Å². The Bertz CT molecular complexity index is 888. The first-order valence-corrected chi connectivity index (χ1v) is 9.99. The Labute approximate surface area is 171 Å². The predicted octanol–water partition coefficient (Wildman–Crippen LogP) is 2.17. The van der Waals surface area contributed by atoms with Crippen LogP contribution in [0.2, 0.25) is 0 Å². The molecular weight excluding hydrogens is 370 g/mol. The Hall–Kier alpha value is -2.80. The zero-order valence-corrected chi connectivity index (χ0v) is 17.1. The normalized spacial score (nSPS) is 14.4. The van der Waals surface area contributed by atoms with Crippen LogP contribution >= 0.6 is 0 Å². The summed E-state index contributed by atoms with van der Waals surface area (Å²) >= 11 is 0. The molecule has 0 unspecified atom stereocenters. The number of pyridine rings is 1. The highest BCUT2D eigenvalue weighted by Crippen LogP contribution is 2.17. The second kappa shape index (κ2) is 10.1. The van der Waals surface area contributed by atoms with Gasteiger partial charge < -0.3 is 19.4 Å². The van der Waals surface area contributed by atoms with Crippen molar-refractivity contribution in [1.29, 1.82) is 0 Å². The fourth-order valence-corrected chi connectivity index (χ4v) is 3.63. The molecule has 7 heteroatoms. The minimum Gasteiger partial charge on any atom is -0.496 e. The molecule has 156 valence electrons. The van der Waals surface area contributed by atoms with Gasteiger partial charge in [-0.05, 0) is 32.0 Å². The van der Waals surface area contributed by atoms with Crippen molar-refractivity contribution >= 4 is 5.91 Å². The summed E-state index contributed by atoms with van der Waals surface area (Å²) in [6, 6.07) is 9.17. The van der Waals surface area contributed by atoms with Gasteiger partial charge in [0.05, 0.1) is 20.4 Å². The molecule has 0 saturated carbocycles. The maximum atomic E-state index is 12.6. The lowest BCUT2D eigenvalue weighted by atomic mass is 10.1. The van der Waals surface area contributed by atoms with E-state index in [0.717, 1.165) is 30.1 Å². The summed E-state index contributed by atoms with van der Waals surface area (Å²) in [6.07, 6.45) is 5.21. The number of carbonyl (C=O) groups excluding carboxylic acids is 1. The number of ether oxygens (including phenoxy) is 2. The van der Waals surface area contributed by atoms with Crippen molar-refractivity contribution in [3.63, 3.8) is 0 Å². The number of aromatic nitrogens is 1. The number of para-hydroxylation sites is 1. The van der Waals surface area contributed by atoms with Crippen LogP contribution in [0.5, 0.6) is 11.5 Å². The number of rotatable bonds is 8. The molecule has 0 atom stereocenters. The first kappa shape index (κ1) is 20.9. The van der Waals surface area contributed by atoms with Crippen molar-refractivity contribution < 1.29 is 14.3 Å². The van der Waals surface area contributed by atoms with E-state index in [1.807, 2.05) is 28.8 Å². The zero-order valence-electron chi connectivity index (χ0n) is 17.1. The molecule has 0 radical (unpaired) electrons. The lowest BCUT2D eigenvalue weighted by Crippen LogP contribution is -2.33. The van der Waals surface area contributed by atoms with Crippen LogP contribution in [0, 0.1) is 0 Å². The van der Waals surface area contributed by atoms with Crippen LogP contribution in [0.15, 0.2) is 41.3 Å². The molecule has 2 aromatic rings. The van der Waals surface area contributed by atoms with Gasteiger partial charge in [-0.1, -0.05) is 24.6 Å². The summed E-state index contributed by atoms with van der Waals surface area (Å²) in [5.41, 5.74) is 1.57. The Morgan fingerprint density at radius 3 is 2.52 bits per heavy atom. The van der Waals surface area contributed by atoms with E-state index in [0.29, 0.717) is 13.1 Å². The highest BCUT2D eigenvalue weighted by atomic mass is 16.5. The standard InChI is InChI=1S/C22H29N3O4/c1-28-20-9-5-4-8-17(20)13-23-22(27)16-25-15-21(29-2)19(26)12-18(25)14-24-10-6-3-7-11-24/h4-5,8-9,12,15H,3,6-7,10-11,13-14,16H2,1-2H3,(H,23,27). The SMILES string of the molecule is COc1ccccc1CNC(=O)Cn1cc(OC)c(=O)cc1CN1CCCCC1. The summed E-state index contributed by atoms with van der Waals surface area (Å²) in [5.74, 6) is 0.843. The zero-order chi connectivity index (χ0) is 20.6. The molecule has 1 aromatic heterocycles. The number of piperidine rings is 1. The van der Waals surface area contributed by atoms with E-state index in [1.54, 1.807) is 19.4 Å². The van der Waals surface area contributed by atoms with Gasteiger partial charge >= 0.3 is 0 Å². The predicted molar refractivity (Wildman–Crippen MR) is 111 cm³/mol. The van der Waals surface area contributed by atoms with Crippen LogP contribution in [0.3, 0.4) is 0 Å². The van der Waals surface area contributed by atoms with Crippen LogP contribution < -0.4 is 20.2 Å². The smallest absolute Gasteiger partial charge is 0.240 e. The summed E-state index contributed by atoms with van der Waals surface area (Å²) in [4.78, 5) is 27.2. The van der Waals surface area contributed by atoms with Crippen LogP contribution in [-0.2, 0) is 24.4 Å². The number of amides is 1. The summed E-state index contributed by atoms with van der Waals surface area (Å²) in [7, 11) is 3.08. The molecule has 0 spiro atoms. The molecule has 1 saturated heterocycles. The van der Waals surface area contributed by atoms with Crippen LogP contribution in [0.25, 0.3) is 0 Å². The fraction of sp³-hybridized carbons (Fsp3) is 0.455.